The molecule has 0 unspecified atom stereocenters. The standard InChI is InChI=1S/C35H36FN9O3.C2H6/c1-48-23-35(34(47)40-26-6-9-29-28(19-26)32(42-41-29)25-5-10-30(36)39-20-25)11-14-43(22-35)21-31(46)45-17-15-44(16-18-45)27-7-3-24(4-8-27)33-37-12-2-13-38-33;1-2/h2-10,12-13,19-20H,11,14-18,21-23H2,1H3,(H,40,47)(H,41,42);1-2H3/t35-;/m1./s1. The van der Waals surface area contributed by atoms with Crippen LogP contribution in [0.15, 0.2) is 79.3 Å². The predicted molar refractivity (Wildman–Crippen MR) is 191 cm³/mol. The number of ether oxygens (including phenoxy) is 1. The third-order valence-electron chi connectivity index (χ3n) is 9.20. The number of likely N-dealkylation sites (tertiary alicyclic amines) is 1. The van der Waals surface area contributed by atoms with E-state index in [0.29, 0.717) is 55.4 Å². The average Bonchev–Trinajstić information content (AvgIpc) is 3.78. The summed E-state index contributed by atoms with van der Waals surface area (Å²) in [5.74, 6) is 0.0281. The second kappa shape index (κ2) is 15.5. The number of piperazine rings is 1. The van der Waals surface area contributed by atoms with Crippen LogP contribution >= 0.6 is 0 Å². The van der Waals surface area contributed by atoms with E-state index in [1.165, 1.54) is 12.3 Å². The number of aromatic amines is 1. The summed E-state index contributed by atoms with van der Waals surface area (Å²) in [6, 6.07) is 18.4. The van der Waals surface area contributed by atoms with Crippen molar-refractivity contribution < 1.29 is 18.7 Å². The SMILES string of the molecule is CC.COC[C@@]1(C(=O)Nc2ccc3[nH]nc(-c4ccc(F)nc4)c3c2)CCN(CC(=O)N2CCN(c3ccc(-c4ncccn4)cc3)CC2)C1. The van der Waals surface area contributed by atoms with Crippen LogP contribution in [0.5, 0.6) is 0 Å². The fourth-order valence-electron chi connectivity index (χ4n) is 6.60. The van der Waals surface area contributed by atoms with Gasteiger partial charge in [0.2, 0.25) is 17.8 Å². The molecule has 50 heavy (non-hydrogen) atoms. The number of aromatic nitrogens is 5. The third kappa shape index (κ3) is 7.48. The number of fused-ring (bicyclic) bond motifs is 1. The molecule has 2 saturated heterocycles. The highest BCUT2D eigenvalue weighted by Gasteiger charge is 2.45. The van der Waals surface area contributed by atoms with Crippen molar-refractivity contribution in [2.24, 2.45) is 5.41 Å². The lowest BCUT2D eigenvalue weighted by atomic mass is 9.87. The Morgan fingerprint density at radius 2 is 1.68 bits per heavy atom. The molecule has 1 atom stereocenters. The van der Waals surface area contributed by atoms with Crippen LogP contribution in [0, 0.1) is 11.4 Å². The molecule has 0 bridgehead atoms. The number of halogens is 1. The van der Waals surface area contributed by atoms with Crippen molar-refractivity contribution in [2.45, 2.75) is 20.3 Å². The normalized spacial score (nSPS) is 17.8. The van der Waals surface area contributed by atoms with Crippen LogP contribution in [0.3, 0.4) is 0 Å². The minimum atomic E-state index is -0.806. The topological polar surface area (TPSA) is 132 Å². The van der Waals surface area contributed by atoms with Crippen LogP contribution in [-0.4, -0.2) is 106 Å². The molecule has 5 heterocycles. The van der Waals surface area contributed by atoms with Gasteiger partial charge in [0.15, 0.2) is 5.82 Å². The van der Waals surface area contributed by atoms with Crippen molar-refractivity contribution in [3.8, 4) is 22.6 Å². The highest BCUT2D eigenvalue weighted by molar-refractivity contribution is 6.00. The third-order valence-corrected chi connectivity index (χ3v) is 9.20. The lowest BCUT2D eigenvalue weighted by molar-refractivity contribution is -0.133. The Kier molecular flexibility index (Phi) is 10.7. The van der Waals surface area contributed by atoms with Gasteiger partial charge in [-0.1, -0.05) is 13.8 Å². The quantitative estimate of drug-likeness (QED) is 0.210. The van der Waals surface area contributed by atoms with E-state index in [9.17, 15) is 14.0 Å². The van der Waals surface area contributed by atoms with Gasteiger partial charge in [-0.25, -0.2) is 15.0 Å². The number of amides is 2. The van der Waals surface area contributed by atoms with Gasteiger partial charge in [-0.05, 0) is 73.6 Å². The Bertz CT molecular complexity index is 1900. The largest absolute Gasteiger partial charge is 0.384 e. The van der Waals surface area contributed by atoms with Crippen LogP contribution in [0.1, 0.15) is 20.3 Å². The van der Waals surface area contributed by atoms with Gasteiger partial charge in [0.05, 0.1) is 24.1 Å². The molecule has 2 aliphatic heterocycles. The number of pyridine rings is 1. The first kappa shape index (κ1) is 34.6. The minimum Gasteiger partial charge on any atom is -0.384 e. The van der Waals surface area contributed by atoms with Gasteiger partial charge in [-0.3, -0.25) is 19.6 Å². The summed E-state index contributed by atoms with van der Waals surface area (Å²) in [4.78, 5) is 45.8. The molecule has 13 heteroatoms. The molecule has 5 aromatic rings. The minimum absolute atomic E-state index is 0.0630. The van der Waals surface area contributed by atoms with E-state index in [1.54, 1.807) is 31.6 Å². The predicted octanol–water partition coefficient (Wildman–Crippen LogP) is 4.87. The van der Waals surface area contributed by atoms with Gasteiger partial charge in [-0.2, -0.15) is 9.49 Å². The number of nitrogens with one attached hydrogen (secondary N) is 2. The number of benzene rings is 2. The number of carbonyl (C=O) groups excluding carboxylic acids is 2. The van der Waals surface area contributed by atoms with Crippen LogP contribution < -0.4 is 10.2 Å². The average molecular weight is 680 g/mol. The molecule has 0 aliphatic carbocycles. The van der Waals surface area contributed by atoms with Crippen molar-refractivity contribution >= 4 is 34.1 Å². The summed E-state index contributed by atoms with van der Waals surface area (Å²) in [5.41, 5.74) is 3.92. The Labute approximate surface area is 290 Å². The maximum absolute atomic E-state index is 13.8. The Balaban J connectivity index is 0.00000212. The van der Waals surface area contributed by atoms with Crippen molar-refractivity contribution in [3.63, 3.8) is 0 Å². The molecule has 2 amide bonds. The maximum atomic E-state index is 13.8. The zero-order valence-corrected chi connectivity index (χ0v) is 28.6. The fourth-order valence-corrected chi connectivity index (χ4v) is 6.60. The Morgan fingerprint density at radius 1 is 0.940 bits per heavy atom. The lowest BCUT2D eigenvalue weighted by Gasteiger charge is -2.37. The van der Waals surface area contributed by atoms with Gasteiger partial charge < -0.3 is 19.9 Å². The first-order chi connectivity index (χ1) is 24.4. The molecular formula is C37H42FN9O3. The van der Waals surface area contributed by atoms with Gasteiger partial charge >= 0.3 is 0 Å². The Hall–Kier alpha value is -5.27. The molecule has 12 nitrogen and oxygen atoms in total. The highest BCUT2D eigenvalue weighted by atomic mass is 19.1. The number of hydrogen-bond donors (Lipinski definition) is 2. The first-order valence-electron chi connectivity index (χ1n) is 16.9. The van der Waals surface area contributed by atoms with E-state index in [0.717, 1.165) is 35.2 Å². The summed E-state index contributed by atoms with van der Waals surface area (Å²) in [5, 5.41) is 11.2. The Morgan fingerprint density at radius 3 is 2.38 bits per heavy atom. The monoisotopic (exact) mass is 679 g/mol. The molecule has 0 saturated carbocycles. The molecule has 260 valence electrons. The highest BCUT2D eigenvalue weighted by Crippen LogP contribution is 2.34. The molecule has 2 fully saturated rings. The van der Waals surface area contributed by atoms with Gasteiger partial charge in [-0.15, -0.1) is 0 Å². The van der Waals surface area contributed by atoms with Crippen molar-refractivity contribution in [2.75, 3.05) is 69.7 Å². The number of methoxy groups -OCH3 is 1. The van der Waals surface area contributed by atoms with Crippen molar-refractivity contribution in [3.05, 3.63) is 85.2 Å². The van der Waals surface area contributed by atoms with E-state index >= 15 is 0 Å². The molecule has 0 radical (unpaired) electrons. The summed E-state index contributed by atoms with van der Waals surface area (Å²) >= 11 is 0. The first-order valence-corrected chi connectivity index (χ1v) is 16.9. The second-order valence-corrected chi connectivity index (χ2v) is 12.3. The van der Waals surface area contributed by atoms with Crippen molar-refractivity contribution in [1.29, 1.82) is 0 Å². The molecule has 2 aromatic carbocycles. The number of H-pyrrole nitrogens is 1. The molecule has 0 spiro atoms. The van der Waals surface area contributed by atoms with E-state index in [2.05, 4.69) is 52.4 Å². The van der Waals surface area contributed by atoms with Crippen LogP contribution in [0.2, 0.25) is 0 Å². The number of hydrogen-bond acceptors (Lipinski definition) is 9. The molecule has 3 aromatic heterocycles. The number of carbonyl (C=O) groups is 2. The summed E-state index contributed by atoms with van der Waals surface area (Å²) in [6.45, 7) is 8.25. The number of nitrogens with zero attached hydrogens (tertiary/aromatic N) is 7. The van der Waals surface area contributed by atoms with Crippen LogP contribution in [-0.2, 0) is 14.3 Å². The zero-order chi connectivity index (χ0) is 35.1. The fraction of sp³-hybridized carbons (Fsp3) is 0.351. The summed E-state index contributed by atoms with van der Waals surface area (Å²) in [6.07, 6.45) is 5.46. The van der Waals surface area contributed by atoms with E-state index in [-0.39, 0.29) is 25.0 Å². The number of rotatable bonds is 9. The van der Waals surface area contributed by atoms with E-state index in [1.807, 2.05) is 49.1 Å². The lowest BCUT2D eigenvalue weighted by Crippen LogP contribution is -2.51. The molecule has 2 N–H and O–H groups in total. The summed E-state index contributed by atoms with van der Waals surface area (Å²) < 4.78 is 18.9. The van der Waals surface area contributed by atoms with E-state index < -0.39 is 11.4 Å². The van der Waals surface area contributed by atoms with Crippen LogP contribution in [0.25, 0.3) is 33.5 Å². The molecule has 7 rings (SSSR count). The maximum Gasteiger partial charge on any atom is 0.236 e. The van der Waals surface area contributed by atoms with Crippen molar-refractivity contribution in [1.82, 2.24) is 34.9 Å². The number of anilines is 2. The van der Waals surface area contributed by atoms with Gasteiger partial charge in [0, 0.05) is 86.3 Å². The molecular weight excluding hydrogens is 637 g/mol. The van der Waals surface area contributed by atoms with Gasteiger partial charge in [0.25, 0.3) is 0 Å². The summed E-state index contributed by atoms with van der Waals surface area (Å²) in [7, 11) is 1.59. The zero-order valence-electron chi connectivity index (χ0n) is 28.6. The van der Waals surface area contributed by atoms with E-state index in [4.69, 9.17) is 4.74 Å². The smallest absolute Gasteiger partial charge is 0.236 e. The second-order valence-electron chi connectivity index (χ2n) is 12.3. The van der Waals surface area contributed by atoms with Crippen LogP contribution in [0.4, 0.5) is 15.8 Å². The van der Waals surface area contributed by atoms with Gasteiger partial charge in [0.1, 0.15) is 5.69 Å². The molecule has 2 aliphatic rings.